The normalized spacial score (nSPS) is 13.5. The SMILES string of the molecule is CN(C)Cc1ccc(Nc2nc(N)n(-c3ccc(C4=CNCC4)cc3)n2)cc1. The maximum absolute atomic E-state index is 6.09. The van der Waals surface area contributed by atoms with Gasteiger partial charge in [-0.1, -0.05) is 24.3 Å². The molecule has 1 aromatic heterocycles. The molecule has 1 aliphatic heterocycles. The highest BCUT2D eigenvalue weighted by molar-refractivity contribution is 5.68. The fourth-order valence-corrected chi connectivity index (χ4v) is 3.27. The second-order valence-electron chi connectivity index (χ2n) is 7.19. The van der Waals surface area contributed by atoms with Crippen molar-refractivity contribution in [3.05, 3.63) is 65.9 Å². The number of anilines is 3. The molecule has 2 heterocycles. The molecule has 4 rings (SSSR count). The first-order valence-corrected chi connectivity index (χ1v) is 9.35. The van der Waals surface area contributed by atoms with E-state index in [1.165, 1.54) is 16.7 Å². The molecule has 3 aromatic rings. The van der Waals surface area contributed by atoms with Gasteiger partial charge in [0, 0.05) is 25.0 Å². The van der Waals surface area contributed by atoms with E-state index in [1.54, 1.807) is 4.68 Å². The lowest BCUT2D eigenvalue weighted by Gasteiger charge is -2.10. The molecule has 1 aliphatic rings. The molecule has 144 valence electrons. The Morgan fingerprint density at radius 2 is 1.86 bits per heavy atom. The highest BCUT2D eigenvalue weighted by Gasteiger charge is 2.11. The van der Waals surface area contributed by atoms with Gasteiger partial charge < -0.3 is 21.3 Å². The highest BCUT2D eigenvalue weighted by Crippen LogP contribution is 2.23. The summed E-state index contributed by atoms with van der Waals surface area (Å²) in [4.78, 5) is 6.48. The van der Waals surface area contributed by atoms with Gasteiger partial charge in [0.2, 0.25) is 11.9 Å². The Kier molecular flexibility index (Phi) is 4.99. The number of hydrogen-bond acceptors (Lipinski definition) is 6. The van der Waals surface area contributed by atoms with Crippen molar-refractivity contribution in [1.82, 2.24) is 25.0 Å². The summed E-state index contributed by atoms with van der Waals surface area (Å²) in [6.07, 6.45) is 3.12. The molecule has 0 aliphatic carbocycles. The molecular weight excluding hydrogens is 350 g/mol. The number of nitrogens with one attached hydrogen (secondary N) is 2. The Balaban J connectivity index is 1.49. The van der Waals surface area contributed by atoms with E-state index in [1.807, 2.05) is 24.3 Å². The van der Waals surface area contributed by atoms with Gasteiger partial charge in [0.05, 0.1) is 5.69 Å². The lowest BCUT2D eigenvalue weighted by molar-refractivity contribution is 0.402. The zero-order chi connectivity index (χ0) is 19.5. The minimum absolute atomic E-state index is 0.348. The first-order chi connectivity index (χ1) is 13.6. The molecule has 2 aromatic carbocycles. The molecule has 0 fully saturated rings. The molecule has 4 N–H and O–H groups in total. The summed E-state index contributed by atoms with van der Waals surface area (Å²) in [5.41, 5.74) is 11.7. The van der Waals surface area contributed by atoms with Gasteiger partial charge >= 0.3 is 0 Å². The van der Waals surface area contributed by atoms with Crippen LogP contribution in [0.4, 0.5) is 17.6 Å². The van der Waals surface area contributed by atoms with E-state index in [9.17, 15) is 0 Å². The predicted octanol–water partition coefficient (Wildman–Crippen LogP) is 2.99. The summed E-state index contributed by atoms with van der Waals surface area (Å²) in [6, 6.07) is 16.4. The number of nitrogens with zero attached hydrogens (tertiary/aromatic N) is 4. The van der Waals surface area contributed by atoms with Gasteiger partial charge in [-0.25, -0.2) is 0 Å². The van der Waals surface area contributed by atoms with Gasteiger partial charge in [-0.05, 0) is 61.5 Å². The second kappa shape index (κ2) is 7.74. The average Bonchev–Trinajstić information content (AvgIpc) is 3.33. The molecule has 0 radical (unpaired) electrons. The van der Waals surface area contributed by atoms with Crippen LogP contribution < -0.4 is 16.4 Å². The van der Waals surface area contributed by atoms with E-state index in [0.29, 0.717) is 11.9 Å². The van der Waals surface area contributed by atoms with Crippen molar-refractivity contribution in [2.75, 3.05) is 31.7 Å². The van der Waals surface area contributed by atoms with E-state index in [2.05, 4.69) is 70.2 Å². The summed E-state index contributed by atoms with van der Waals surface area (Å²) in [7, 11) is 4.11. The maximum Gasteiger partial charge on any atom is 0.248 e. The molecule has 0 bridgehead atoms. The van der Waals surface area contributed by atoms with Crippen LogP contribution in [-0.2, 0) is 6.54 Å². The number of benzene rings is 2. The zero-order valence-electron chi connectivity index (χ0n) is 16.2. The Labute approximate surface area is 164 Å². The van der Waals surface area contributed by atoms with Crippen LogP contribution in [0.15, 0.2) is 54.7 Å². The second-order valence-corrected chi connectivity index (χ2v) is 7.19. The summed E-state index contributed by atoms with van der Waals surface area (Å²) in [6.45, 7) is 1.90. The standard InChI is InChI=1S/C21H25N7/c1-27(2)14-15-3-7-18(8-4-15)24-21-25-20(22)28(26-21)19-9-5-16(6-10-19)17-11-12-23-13-17/h3-10,13,23H,11-12,14H2,1-2H3,(H3,22,24,25,26). The Bertz CT molecular complexity index is 969. The molecule has 7 nitrogen and oxygen atoms in total. The first kappa shape index (κ1) is 18.1. The van der Waals surface area contributed by atoms with Crippen LogP contribution >= 0.6 is 0 Å². The number of nitrogen functional groups attached to an aromatic ring is 1. The minimum atomic E-state index is 0.348. The van der Waals surface area contributed by atoms with Crippen molar-refractivity contribution in [2.24, 2.45) is 0 Å². The zero-order valence-corrected chi connectivity index (χ0v) is 16.2. The topological polar surface area (TPSA) is 84.0 Å². The number of rotatable bonds is 6. The van der Waals surface area contributed by atoms with E-state index in [0.717, 1.165) is 30.9 Å². The van der Waals surface area contributed by atoms with Crippen LogP contribution in [0.5, 0.6) is 0 Å². The molecule has 0 unspecified atom stereocenters. The van der Waals surface area contributed by atoms with Crippen LogP contribution in [0.2, 0.25) is 0 Å². The Hall–Kier alpha value is -3.32. The molecule has 0 atom stereocenters. The molecule has 0 saturated heterocycles. The average molecular weight is 375 g/mol. The summed E-state index contributed by atoms with van der Waals surface area (Å²) in [5.74, 6) is 0.825. The quantitative estimate of drug-likeness (QED) is 0.614. The van der Waals surface area contributed by atoms with Crippen molar-refractivity contribution in [1.29, 1.82) is 0 Å². The fraction of sp³-hybridized carbons (Fsp3) is 0.238. The lowest BCUT2D eigenvalue weighted by atomic mass is 10.1. The molecule has 28 heavy (non-hydrogen) atoms. The highest BCUT2D eigenvalue weighted by atomic mass is 15.4. The molecule has 0 spiro atoms. The maximum atomic E-state index is 6.09. The largest absolute Gasteiger partial charge is 0.390 e. The third-order valence-corrected chi connectivity index (χ3v) is 4.64. The Morgan fingerprint density at radius 1 is 1.11 bits per heavy atom. The lowest BCUT2D eigenvalue weighted by Crippen LogP contribution is -2.10. The number of aromatic nitrogens is 3. The predicted molar refractivity (Wildman–Crippen MR) is 113 cm³/mol. The van der Waals surface area contributed by atoms with Gasteiger partial charge in [0.25, 0.3) is 0 Å². The number of hydrogen-bond donors (Lipinski definition) is 3. The summed E-state index contributed by atoms with van der Waals surface area (Å²) >= 11 is 0. The van der Waals surface area contributed by atoms with Crippen molar-refractivity contribution >= 4 is 23.2 Å². The minimum Gasteiger partial charge on any atom is -0.390 e. The van der Waals surface area contributed by atoms with Gasteiger partial charge in [0.1, 0.15) is 0 Å². The van der Waals surface area contributed by atoms with E-state index >= 15 is 0 Å². The van der Waals surface area contributed by atoms with Gasteiger partial charge in [0.15, 0.2) is 0 Å². The summed E-state index contributed by atoms with van der Waals surface area (Å²) in [5, 5.41) is 11.0. The number of nitrogens with two attached hydrogens (primary N) is 1. The van der Waals surface area contributed by atoms with Crippen LogP contribution in [0.25, 0.3) is 11.3 Å². The third-order valence-electron chi connectivity index (χ3n) is 4.64. The smallest absolute Gasteiger partial charge is 0.248 e. The molecular formula is C21H25N7. The van der Waals surface area contributed by atoms with Crippen molar-refractivity contribution in [3.63, 3.8) is 0 Å². The van der Waals surface area contributed by atoms with Gasteiger partial charge in [-0.2, -0.15) is 9.67 Å². The van der Waals surface area contributed by atoms with E-state index in [4.69, 9.17) is 5.73 Å². The molecule has 0 amide bonds. The third kappa shape index (κ3) is 3.99. The van der Waals surface area contributed by atoms with Crippen LogP contribution in [0.3, 0.4) is 0 Å². The Morgan fingerprint density at radius 3 is 2.50 bits per heavy atom. The van der Waals surface area contributed by atoms with E-state index < -0.39 is 0 Å². The van der Waals surface area contributed by atoms with Crippen molar-refractivity contribution in [2.45, 2.75) is 13.0 Å². The van der Waals surface area contributed by atoms with E-state index in [-0.39, 0.29) is 0 Å². The monoisotopic (exact) mass is 375 g/mol. The van der Waals surface area contributed by atoms with Gasteiger partial charge in [-0.3, -0.25) is 0 Å². The van der Waals surface area contributed by atoms with Crippen LogP contribution in [-0.4, -0.2) is 40.3 Å². The van der Waals surface area contributed by atoms with Gasteiger partial charge in [-0.15, -0.1) is 5.10 Å². The first-order valence-electron chi connectivity index (χ1n) is 9.35. The van der Waals surface area contributed by atoms with Crippen LogP contribution in [0.1, 0.15) is 17.5 Å². The molecule has 0 saturated carbocycles. The molecule has 7 heteroatoms. The summed E-state index contributed by atoms with van der Waals surface area (Å²) < 4.78 is 1.65. The fourth-order valence-electron chi connectivity index (χ4n) is 3.27. The van der Waals surface area contributed by atoms with Crippen molar-refractivity contribution in [3.8, 4) is 5.69 Å². The van der Waals surface area contributed by atoms with Crippen LogP contribution in [0, 0.1) is 0 Å². The van der Waals surface area contributed by atoms with Crippen molar-refractivity contribution < 1.29 is 0 Å².